The van der Waals surface area contributed by atoms with E-state index in [1.165, 1.54) is 38.8 Å². The molecule has 0 N–H and O–H groups in total. The van der Waals surface area contributed by atoms with Gasteiger partial charge in [0.2, 0.25) is 0 Å². The summed E-state index contributed by atoms with van der Waals surface area (Å²) in [5, 5.41) is 0. The maximum absolute atomic E-state index is 5.20. The maximum atomic E-state index is 5.20. The van der Waals surface area contributed by atoms with Crippen LogP contribution in [0.15, 0.2) is 0 Å². The molecule has 0 amide bonds. The Kier molecular flexibility index (Phi) is 2.66. The molecule has 70 valence electrons. The van der Waals surface area contributed by atoms with Gasteiger partial charge in [-0.1, -0.05) is 0 Å². The van der Waals surface area contributed by atoms with E-state index in [4.69, 9.17) is 4.74 Å². The van der Waals surface area contributed by atoms with Crippen molar-refractivity contribution in [3.63, 3.8) is 0 Å². The van der Waals surface area contributed by atoms with Gasteiger partial charge in [0.15, 0.2) is 0 Å². The lowest BCUT2D eigenvalue weighted by Gasteiger charge is -2.32. The minimum absolute atomic E-state index is 0.810. The van der Waals surface area contributed by atoms with Gasteiger partial charge in [-0.25, -0.2) is 0 Å². The van der Waals surface area contributed by atoms with Gasteiger partial charge >= 0.3 is 0 Å². The molecule has 1 aliphatic heterocycles. The number of ether oxygens (including phenoxy) is 1. The van der Waals surface area contributed by atoms with Gasteiger partial charge in [0.1, 0.15) is 0 Å². The number of hydrogen-bond acceptors (Lipinski definition) is 2. The van der Waals surface area contributed by atoms with Crippen LogP contribution in [0.3, 0.4) is 0 Å². The molecule has 0 spiro atoms. The van der Waals surface area contributed by atoms with Crippen LogP contribution < -0.4 is 0 Å². The van der Waals surface area contributed by atoms with Crippen LogP contribution in [0.1, 0.15) is 25.7 Å². The second kappa shape index (κ2) is 3.75. The topological polar surface area (TPSA) is 12.5 Å². The Hall–Kier alpha value is -0.0800. The summed E-state index contributed by atoms with van der Waals surface area (Å²) in [4.78, 5) is 2.66. The van der Waals surface area contributed by atoms with Crippen molar-refractivity contribution in [2.24, 2.45) is 5.92 Å². The Balaban J connectivity index is 1.77. The quantitative estimate of drug-likeness (QED) is 0.635. The van der Waals surface area contributed by atoms with Crippen molar-refractivity contribution in [1.29, 1.82) is 0 Å². The van der Waals surface area contributed by atoms with Crippen molar-refractivity contribution < 1.29 is 4.74 Å². The third-order valence-corrected chi connectivity index (χ3v) is 3.02. The molecule has 0 aromatic rings. The highest BCUT2D eigenvalue weighted by Gasteiger charge is 2.32. The lowest BCUT2D eigenvalue weighted by Crippen LogP contribution is -2.38. The first-order valence-electron chi connectivity index (χ1n) is 5.13. The first-order chi connectivity index (χ1) is 5.90. The molecular weight excluding hydrogens is 150 g/mol. The molecule has 1 saturated heterocycles. The summed E-state index contributed by atoms with van der Waals surface area (Å²) >= 11 is 0. The lowest BCUT2D eigenvalue weighted by atomic mass is 9.99. The fourth-order valence-corrected chi connectivity index (χ4v) is 2.24. The summed E-state index contributed by atoms with van der Waals surface area (Å²) in [6.07, 6.45) is 5.64. The highest BCUT2D eigenvalue weighted by atomic mass is 16.5. The average Bonchev–Trinajstić information content (AvgIpc) is 2.88. The summed E-state index contributed by atoms with van der Waals surface area (Å²) in [6, 6.07) is 0.949. The van der Waals surface area contributed by atoms with E-state index in [-0.39, 0.29) is 0 Å². The number of hydrogen-bond donors (Lipinski definition) is 0. The van der Waals surface area contributed by atoms with E-state index < -0.39 is 0 Å². The predicted molar refractivity (Wildman–Crippen MR) is 49.2 cm³/mol. The monoisotopic (exact) mass is 169 g/mol. The molecule has 2 aliphatic rings. The van der Waals surface area contributed by atoms with Gasteiger partial charge in [-0.15, -0.1) is 0 Å². The second-order valence-corrected chi connectivity index (χ2v) is 4.19. The summed E-state index contributed by atoms with van der Waals surface area (Å²) in [6.45, 7) is 3.59. The maximum Gasteiger partial charge on any atom is 0.0502 e. The number of piperidine rings is 1. The van der Waals surface area contributed by atoms with Gasteiger partial charge in [-0.2, -0.15) is 0 Å². The fraction of sp³-hybridized carbons (Fsp3) is 1.00. The number of rotatable bonds is 3. The molecule has 2 rings (SSSR count). The minimum atomic E-state index is 0.810. The van der Waals surface area contributed by atoms with Gasteiger partial charge in [0.25, 0.3) is 0 Å². The van der Waals surface area contributed by atoms with E-state index in [0.717, 1.165) is 18.6 Å². The van der Waals surface area contributed by atoms with Gasteiger partial charge in [-0.3, -0.25) is 0 Å². The summed E-state index contributed by atoms with van der Waals surface area (Å²) < 4.78 is 5.20. The van der Waals surface area contributed by atoms with E-state index in [2.05, 4.69) is 4.90 Å². The molecule has 0 aromatic heterocycles. The van der Waals surface area contributed by atoms with E-state index in [1.54, 1.807) is 0 Å². The van der Waals surface area contributed by atoms with Gasteiger partial charge in [0.05, 0.1) is 6.61 Å². The molecule has 1 unspecified atom stereocenters. The Morgan fingerprint density at radius 3 is 2.83 bits per heavy atom. The first-order valence-corrected chi connectivity index (χ1v) is 5.13. The van der Waals surface area contributed by atoms with Crippen LogP contribution in [-0.2, 0) is 4.74 Å². The van der Waals surface area contributed by atoms with Crippen LogP contribution in [-0.4, -0.2) is 37.7 Å². The standard InChI is InChI=1S/C10H19NO/c1-12-8-9-3-2-6-11(7-9)10-4-5-10/h9-10H,2-8H2,1H3. The third-order valence-electron chi connectivity index (χ3n) is 3.02. The molecule has 12 heavy (non-hydrogen) atoms. The third kappa shape index (κ3) is 1.99. The zero-order chi connectivity index (χ0) is 8.39. The predicted octanol–water partition coefficient (Wildman–Crippen LogP) is 1.51. The van der Waals surface area contributed by atoms with Crippen molar-refractivity contribution >= 4 is 0 Å². The van der Waals surface area contributed by atoms with Gasteiger partial charge < -0.3 is 9.64 Å². The summed E-state index contributed by atoms with van der Waals surface area (Å²) in [7, 11) is 1.82. The molecule has 2 nitrogen and oxygen atoms in total. The zero-order valence-corrected chi connectivity index (χ0v) is 7.96. The molecule has 0 aromatic carbocycles. The molecular formula is C10H19NO. The van der Waals surface area contributed by atoms with Crippen molar-refractivity contribution in [3.05, 3.63) is 0 Å². The molecule has 1 saturated carbocycles. The SMILES string of the molecule is COCC1CCCN(C2CC2)C1. The molecule has 1 aliphatic carbocycles. The van der Waals surface area contributed by atoms with Crippen LogP contribution in [0.2, 0.25) is 0 Å². The molecule has 0 bridgehead atoms. The number of methoxy groups -OCH3 is 1. The lowest BCUT2D eigenvalue weighted by molar-refractivity contribution is 0.0871. The summed E-state index contributed by atoms with van der Waals surface area (Å²) in [5.41, 5.74) is 0. The Labute approximate surface area is 74.9 Å². The largest absolute Gasteiger partial charge is 0.384 e. The first kappa shape index (κ1) is 8.52. The van der Waals surface area contributed by atoms with Crippen LogP contribution >= 0.6 is 0 Å². The van der Waals surface area contributed by atoms with E-state index in [0.29, 0.717) is 0 Å². The fourth-order valence-electron chi connectivity index (χ4n) is 2.24. The minimum Gasteiger partial charge on any atom is -0.384 e. The molecule has 2 heteroatoms. The zero-order valence-electron chi connectivity index (χ0n) is 7.96. The summed E-state index contributed by atoms with van der Waals surface area (Å²) in [5.74, 6) is 0.810. The van der Waals surface area contributed by atoms with Crippen LogP contribution in [0, 0.1) is 5.92 Å². The van der Waals surface area contributed by atoms with E-state index in [9.17, 15) is 0 Å². The van der Waals surface area contributed by atoms with Crippen LogP contribution in [0.4, 0.5) is 0 Å². The molecule has 1 heterocycles. The Morgan fingerprint density at radius 2 is 2.17 bits per heavy atom. The number of likely N-dealkylation sites (tertiary alicyclic amines) is 1. The molecule has 2 fully saturated rings. The van der Waals surface area contributed by atoms with Crippen molar-refractivity contribution in [1.82, 2.24) is 4.90 Å². The van der Waals surface area contributed by atoms with E-state index in [1.807, 2.05) is 7.11 Å². The Morgan fingerprint density at radius 1 is 1.33 bits per heavy atom. The van der Waals surface area contributed by atoms with Crippen LogP contribution in [0.5, 0.6) is 0 Å². The smallest absolute Gasteiger partial charge is 0.0502 e. The molecule has 1 atom stereocenters. The number of nitrogens with zero attached hydrogens (tertiary/aromatic N) is 1. The highest BCUT2D eigenvalue weighted by Crippen LogP contribution is 2.30. The normalized spacial score (nSPS) is 32.2. The van der Waals surface area contributed by atoms with Crippen molar-refractivity contribution in [2.45, 2.75) is 31.7 Å². The van der Waals surface area contributed by atoms with Gasteiger partial charge in [-0.05, 0) is 38.1 Å². The van der Waals surface area contributed by atoms with Crippen LogP contribution in [0.25, 0.3) is 0 Å². The van der Waals surface area contributed by atoms with E-state index >= 15 is 0 Å². The Bertz CT molecular complexity index is 143. The van der Waals surface area contributed by atoms with Crippen molar-refractivity contribution in [2.75, 3.05) is 26.8 Å². The average molecular weight is 169 g/mol. The second-order valence-electron chi connectivity index (χ2n) is 4.19. The van der Waals surface area contributed by atoms with Gasteiger partial charge in [0, 0.05) is 19.7 Å². The molecule has 0 radical (unpaired) electrons. The van der Waals surface area contributed by atoms with Crippen molar-refractivity contribution in [3.8, 4) is 0 Å². The highest BCUT2D eigenvalue weighted by molar-refractivity contribution is 4.87.